The number of nitrogens with one attached hydrogen (secondary N) is 1. The number of hydrogen-bond donors (Lipinski definition) is 3. The second kappa shape index (κ2) is 2.47. The molecule has 0 aromatic carbocycles. The topological polar surface area (TPSA) is 52.5 Å². The van der Waals surface area contributed by atoms with Crippen molar-refractivity contribution in [2.45, 2.75) is 6.04 Å². The summed E-state index contributed by atoms with van der Waals surface area (Å²) >= 11 is 0. The van der Waals surface area contributed by atoms with E-state index < -0.39 is 0 Å². The van der Waals surface area contributed by atoms with Crippen molar-refractivity contribution in [2.24, 2.45) is 11.8 Å². The van der Waals surface area contributed by atoms with Gasteiger partial charge in [-0.15, -0.1) is 6.58 Å². The van der Waals surface area contributed by atoms with Crippen LogP contribution in [0.5, 0.6) is 0 Å². The predicted molar refractivity (Wildman–Crippen MR) is 33.0 cm³/mol. The molecule has 3 nitrogen and oxygen atoms in total. The summed E-state index contributed by atoms with van der Waals surface area (Å²) in [6.45, 7) is 3.68. The molecule has 1 aliphatic carbocycles. The number of aliphatic hydroxyl groups is 1. The van der Waals surface area contributed by atoms with Crippen LogP contribution >= 0.6 is 0 Å². The van der Waals surface area contributed by atoms with Crippen molar-refractivity contribution in [1.82, 2.24) is 5.48 Å². The smallest absolute Gasteiger partial charge is 0.0481 e. The van der Waals surface area contributed by atoms with Crippen LogP contribution < -0.4 is 5.48 Å². The molecular weight excluding hydrogens is 118 g/mol. The highest BCUT2D eigenvalue weighted by Crippen LogP contribution is 2.38. The van der Waals surface area contributed by atoms with Crippen LogP contribution in [0.4, 0.5) is 0 Å². The Morgan fingerprint density at radius 1 is 1.67 bits per heavy atom. The van der Waals surface area contributed by atoms with Crippen molar-refractivity contribution in [3.63, 3.8) is 0 Å². The van der Waals surface area contributed by atoms with E-state index in [-0.39, 0.29) is 24.5 Å². The number of aliphatic hydroxyl groups excluding tert-OH is 1. The average molecular weight is 129 g/mol. The highest BCUT2D eigenvalue weighted by Gasteiger charge is 2.47. The monoisotopic (exact) mass is 129 g/mol. The average Bonchev–Trinajstić information content (AvgIpc) is 2.59. The first-order valence-electron chi connectivity index (χ1n) is 2.98. The van der Waals surface area contributed by atoms with E-state index in [2.05, 4.69) is 12.1 Å². The molecule has 0 radical (unpaired) electrons. The Morgan fingerprint density at radius 3 is 2.44 bits per heavy atom. The van der Waals surface area contributed by atoms with Crippen molar-refractivity contribution in [2.75, 3.05) is 6.61 Å². The summed E-state index contributed by atoms with van der Waals surface area (Å²) in [7, 11) is 0. The van der Waals surface area contributed by atoms with Crippen LogP contribution in [0.15, 0.2) is 12.7 Å². The number of hydrogen-bond acceptors (Lipinski definition) is 3. The Kier molecular flexibility index (Phi) is 1.85. The van der Waals surface area contributed by atoms with Gasteiger partial charge in [0.2, 0.25) is 0 Å². The summed E-state index contributed by atoms with van der Waals surface area (Å²) in [5.74, 6) is 0.424. The number of rotatable bonds is 3. The molecule has 3 unspecified atom stereocenters. The standard InChI is InChI=1S/C6H11NO2/c1-2-4-5(3-8)6(4)7-9/h2,4-9H,1,3H2. The lowest BCUT2D eigenvalue weighted by Gasteiger charge is -1.87. The lowest BCUT2D eigenvalue weighted by molar-refractivity contribution is 0.146. The first-order valence-corrected chi connectivity index (χ1v) is 2.98. The van der Waals surface area contributed by atoms with Crippen molar-refractivity contribution < 1.29 is 10.3 Å². The molecule has 1 rings (SSSR count). The van der Waals surface area contributed by atoms with Crippen molar-refractivity contribution in [1.29, 1.82) is 0 Å². The Hall–Kier alpha value is -0.380. The van der Waals surface area contributed by atoms with Crippen LogP contribution in [0.3, 0.4) is 0 Å². The van der Waals surface area contributed by atoms with Crippen LogP contribution in [-0.4, -0.2) is 23.0 Å². The summed E-state index contributed by atoms with van der Waals surface area (Å²) in [6, 6.07) is 0.0347. The molecule has 3 heteroatoms. The van der Waals surface area contributed by atoms with Crippen LogP contribution in [-0.2, 0) is 0 Å². The van der Waals surface area contributed by atoms with E-state index in [0.29, 0.717) is 0 Å². The van der Waals surface area contributed by atoms with Crippen molar-refractivity contribution >= 4 is 0 Å². The van der Waals surface area contributed by atoms with E-state index >= 15 is 0 Å². The van der Waals surface area contributed by atoms with E-state index in [1.807, 2.05) is 0 Å². The van der Waals surface area contributed by atoms with E-state index in [9.17, 15) is 0 Å². The highest BCUT2D eigenvalue weighted by molar-refractivity contribution is 5.09. The molecule has 0 heterocycles. The van der Waals surface area contributed by atoms with E-state index in [1.165, 1.54) is 0 Å². The molecule has 9 heavy (non-hydrogen) atoms. The molecule has 0 amide bonds. The van der Waals surface area contributed by atoms with E-state index in [1.54, 1.807) is 6.08 Å². The largest absolute Gasteiger partial charge is 0.396 e. The third-order valence-electron chi connectivity index (χ3n) is 1.86. The summed E-state index contributed by atoms with van der Waals surface area (Å²) in [4.78, 5) is 0. The van der Waals surface area contributed by atoms with Crippen LogP contribution in [0.25, 0.3) is 0 Å². The van der Waals surface area contributed by atoms with Gasteiger partial charge in [-0.05, 0) is 0 Å². The fourth-order valence-electron chi connectivity index (χ4n) is 1.14. The van der Waals surface area contributed by atoms with Gasteiger partial charge in [0.15, 0.2) is 0 Å². The van der Waals surface area contributed by atoms with Gasteiger partial charge < -0.3 is 10.3 Å². The van der Waals surface area contributed by atoms with E-state index in [0.717, 1.165) is 0 Å². The molecule has 3 atom stereocenters. The summed E-state index contributed by atoms with van der Waals surface area (Å²) in [5, 5.41) is 17.0. The second-order valence-electron chi connectivity index (χ2n) is 2.31. The van der Waals surface area contributed by atoms with Gasteiger partial charge in [0.25, 0.3) is 0 Å². The maximum Gasteiger partial charge on any atom is 0.0481 e. The van der Waals surface area contributed by atoms with Crippen LogP contribution in [0.2, 0.25) is 0 Å². The zero-order valence-electron chi connectivity index (χ0n) is 5.12. The number of hydroxylamine groups is 1. The Bertz CT molecular complexity index is 106. The van der Waals surface area contributed by atoms with E-state index in [4.69, 9.17) is 10.3 Å². The predicted octanol–water partition coefficient (Wildman–Crippen LogP) is -0.242. The zero-order valence-corrected chi connectivity index (χ0v) is 5.12. The van der Waals surface area contributed by atoms with Gasteiger partial charge in [-0.1, -0.05) is 6.08 Å². The van der Waals surface area contributed by atoms with Gasteiger partial charge in [0.1, 0.15) is 0 Å². The van der Waals surface area contributed by atoms with Crippen LogP contribution in [0.1, 0.15) is 0 Å². The lowest BCUT2D eigenvalue weighted by atomic mass is 10.3. The maximum absolute atomic E-state index is 8.61. The summed E-state index contributed by atoms with van der Waals surface area (Å²) in [6.07, 6.45) is 1.74. The minimum atomic E-state index is 0.0347. The molecule has 0 saturated heterocycles. The molecule has 0 spiro atoms. The van der Waals surface area contributed by atoms with Crippen LogP contribution in [0, 0.1) is 11.8 Å². The fraction of sp³-hybridized carbons (Fsp3) is 0.667. The Labute approximate surface area is 54.0 Å². The Morgan fingerprint density at radius 2 is 2.33 bits per heavy atom. The molecule has 1 aliphatic rings. The van der Waals surface area contributed by atoms with Gasteiger partial charge >= 0.3 is 0 Å². The fourth-order valence-corrected chi connectivity index (χ4v) is 1.14. The third kappa shape index (κ3) is 0.986. The van der Waals surface area contributed by atoms with Crippen molar-refractivity contribution in [3.8, 4) is 0 Å². The molecule has 1 saturated carbocycles. The molecule has 3 N–H and O–H groups in total. The first kappa shape index (κ1) is 6.74. The molecule has 1 fully saturated rings. The quantitative estimate of drug-likeness (QED) is 0.364. The third-order valence-corrected chi connectivity index (χ3v) is 1.86. The van der Waals surface area contributed by atoms with Gasteiger partial charge in [-0.3, -0.25) is 0 Å². The molecule has 0 aliphatic heterocycles. The normalized spacial score (nSPS) is 40.4. The molecule has 0 bridgehead atoms. The summed E-state index contributed by atoms with van der Waals surface area (Å²) < 4.78 is 0. The minimum Gasteiger partial charge on any atom is -0.396 e. The Balaban J connectivity index is 2.34. The maximum atomic E-state index is 8.61. The first-order chi connectivity index (χ1) is 4.35. The zero-order chi connectivity index (χ0) is 6.85. The molecule has 0 aromatic heterocycles. The SMILES string of the molecule is C=CC1C(CO)C1NO. The highest BCUT2D eigenvalue weighted by atomic mass is 16.5. The second-order valence-corrected chi connectivity index (χ2v) is 2.31. The summed E-state index contributed by atoms with van der Waals surface area (Å²) in [5.41, 5.74) is 2.11. The van der Waals surface area contributed by atoms with Gasteiger partial charge in [-0.25, -0.2) is 5.48 Å². The minimum absolute atomic E-state index is 0.0347. The molecular formula is C6H11NO2. The van der Waals surface area contributed by atoms with Gasteiger partial charge in [0, 0.05) is 24.5 Å². The molecule has 52 valence electrons. The molecule has 0 aromatic rings. The van der Waals surface area contributed by atoms with Crippen molar-refractivity contribution in [3.05, 3.63) is 12.7 Å². The lowest BCUT2D eigenvalue weighted by Crippen LogP contribution is -2.13. The van der Waals surface area contributed by atoms with Gasteiger partial charge in [0.05, 0.1) is 0 Å². The van der Waals surface area contributed by atoms with Gasteiger partial charge in [-0.2, -0.15) is 0 Å².